The molecule has 0 amide bonds. The van der Waals surface area contributed by atoms with Crippen molar-refractivity contribution in [1.82, 2.24) is 4.57 Å². The van der Waals surface area contributed by atoms with Gasteiger partial charge in [-0.3, -0.25) is 0 Å². The molecule has 3 aliphatic rings. The zero-order valence-corrected chi connectivity index (χ0v) is 37.9. The zero-order valence-electron chi connectivity index (χ0n) is 37.9. The molecule has 0 bridgehead atoms. The molecular formula is C64H50N2. The van der Waals surface area contributed by atoms with Gasteiger partial charge in [-0.15, -0.1) is 0 Å². The van der Waals surface area contributed by atoms with Gasteiger partial charge in [-0.25, -0.2) is 0 Å². The summed E-state index contributed by atoms with van der Waals surface area (Å²) < 4.78 is 2.51. The fraction of sp³-hybridized carbons (Fsp3) is 0.125. The molecule has 316 valence electrons. The molecule has 0 N–H and O–H groups in total. The number of rotatable bonds is 6. The van der Waals surface area contributed by atoms with Gasteiger partial charge in [0, 0.05) is 50.2 Å². The number of aromatic nitrogens is 1. The second-order valence-electron chi connectivity index (χ2n) is 19.7. The average molecular weight is 847 g/mol. The number of anilines is 3. The van der Waals surface area contributed by atoms with E-state index >= 15 is 0 Å². The fourth-order valence-corrected chi connectivity index (χ4v) is 11.8. The molecule has 9 aromatic carbocycles. The minimum absolute atomic E-state index is 0.105. The molecule has 2 nitrogen and oxygen atoms in total. The van der Waals surface area contributed by atoms with Crippen LogP contribution >= 0.6 is 0 Å². The summed E-state index contributed by atoms with van der Waals surface area (Å²) in [5.74, 6) is 0. The van der Waals surface area contributed by atoms with Crippen LogP contribution in [0.15, 0.2) is 200 Å². The van der Waals surface area contributed by atoms with Gasteiger partial charge >= 0.3 is 0 Å². The van der Waals surface area contributed by atoms with Crippen LogP contribution in [0.5, 0.6) is 0 Å². The molecular weight excluding hydrogens is 797 g/mol. The molecule has 0 atom stereocenters. The van der Waals surface area contributed by atoms with Crippen molar-refractivity contribution in [3.05, 3.63) is 234 Å². The van der Waals surface area contributed by atoms with Crippen LogP contribution in [0, 0.1) is 0 Å². The van der Waals surface area contributed by atoms with E-state index in [1.807, 2.05) is 0 Å². The summed E-state index contributed by atoms with van der Waals surface area (Å²) in [5, 5.41) is 3.86. The molecule has 0 saturated heterocycles. The van der Waals surface area contributed by atoms with E-state index in [1.54, 1.807) is 0 Å². The van der Waals surface area contributed by atoms with Gasteiger partial charge in [0.2, 0.25) is 0 Å². The topological polar surface area (TPSA) is 8.17 Å². The number of hydrogen-bond acceptors (Lipinski definition) is 1. The predicted octanol–water partition coefficient (Wildman–Crippen LogP) is 17.2. The van der Waals surface area contributed by atoms with Gasteiger partial charge in [0.15, 0.2) is 0 Å². The Bertz CT molecular complexity index is 3640. The Morgan fingerprint density at radius 2 is 0.985 bits per heavy atom. The van der Waals surface area contributed by atoms with E-state index < -0.39 is 0 Å². The van der Waals surface area contributed by atoms with Crippen LogP contribution in [0.25, 0.3) is 77.9 Å². The van der Waals surface area contributed by atoms with Crippen molar-refractivity contribution in [2.75, 3.05) is 4.90 Å². The molecule has 0 unspecified atom stereocenters. The molecule has 10 aromatic rings. The monoisotopic (exact) mass is 846 g/mol. The minimum atomic E-state index is -0.216. The average Bonchev–Trinajstić information content (AvgIpc) is 3.90. The second kappa shape index (κ2) is 14.4. The van der Waals surface area contributed by atoms with Crippen molar-refractivity contribution in [3.63, 3.8) is 0 Å². The first-order valence-electron chi connectivity index (χ1n) is 23.6. The van der Waals surface area contributed by atoms with Crippen LogP contribution in [0.2, 0.25) is 0 Å². The molecule has 13 rings (SSSR count). The van der Waals surface area contributed by atoms with Crippen LogP contribution in [0.3, 0.4) is 0 Å². The molecule has 1 heterocycles. The van der Waals surface area contributed by atoms with Crippen molar-refractivity contribution in [2.45, 2.75) is 51.4 Å². The Morgan fingerprint density at radius 3 is 1.74 bits per heavy atom. The van der Waals surface area contributed by atoms with Gasteiger partial charge in [-0.2, -0.15) is 0 Å². The maximum Gasteiger partial charge on any atom is 0.0538 e. The Kier molecular flexibility index (Phi) is 8.46. The number of fused-ring (bicyclic) bond motifs is 10. The maximum absolute atomic E-state index is 2.51. The molecule has 2 heteroatoms. The lowest BCUT2D eigenvalue weighted by atomic mass is 9.81. The SMILES string of the molecule is CC1(C)c2ccccc2-c2ccc(N(c3ccc(-c4ccccc4)cc3)c3ccc4c(c3)C(C)(C)c3cc(-c5ccc6c(c5)c5c(n6-c6ccc7ccccc7c6)CCC=C5)ccc3-4)cc21. The van der Waals surface area contributed by atoms with Crippen molar-refractivity contribution < 1.29 is 0 Å². The summed E-state index contributed by atoms with van der Waals surface area (Å²) in [6.45, 7) is 9.56. The maximum atomic E-state index is 2.51. The summed E-state index contributed by atoms with van der Waals surface area (Å²) >= 11 is 0. The van der Waals surface area contributed by atoms with Crippen LogP contribution in [0.1, 0.15) is 67.6 Å². The van der Waals surface area contributed by atoms with Crippen LogP contribution < -0.4 is 4.90 Å². The second-order valence-corrected chi connectivity index (χ2v) is 19.7. The number of nitrogens with zero attached hydrogens (tertiary/aromatic N) is 2. The number of allylic oxidation sites excluding steroid dienone is 1. The van der Waals surface area contributed by atoms with Gasteiger partial charge in [0.25, 0.3) is 0 Å². The van der Waals surface area contributed by atoms with Crippen molar-refractivity contribution in [3.8, 4) is 50.2 Å². The molecule has 0 radical (unpaired) electrons. The summed E-state index contributed by atoms with van der Waals surface area (Å²) in [5.41, 5.74) is 24.1. The normalized spacial score (nSPS) is 14.7. The highest BCUT2D eigenvalue weighted by Crippen LogP contribution is 2.54. The molecule has 0 aliphatic heterocycles. The summed E-state index contributed by atoms with van der Waals surface area (Å²) in [4.78, 5) is 2.47. The van der Waals surface area contributed by atoms with Crippen molar-refractivity contribution in [2.24, 2.45) is 0 Å². The summed E-state index contributed by atoms with van der Waals surface area (Å²) in [6.07, 6.45) is 6.79. The first kappa shape index (κ1) is 38.8. The van der Waals surface area contributed by atoms with Crippen LogP contribution in [0.4, 0.5) is 17.1 Å². The third-order valence-corrected chi connectivity index (χ3v) is 15.2. The minimum Gasteiger partial charge on any atom is -0.313 e. The van der Waals surface area contributed by atoms with E-state index in [9.17, 15) is 0 Å². The third kappa shape index (κ3) is 5.80. The zero-order chi connectivity index (χ0) is 44.3. The highest BCUT2D eigenvalue weighted by atomic mass is 15.1. The lowest BCUT2D eigenvalue weighted by Crippen LogP contribution is -2.18. The summed E-state index contributed by atoms with van der Waals surface area (Å²) in [6, 6.07) is 72.9. The highest BCUT2D eigenvalue weighted by molar-refractivity contribution is 5.98. The molecule has 66 heavy (non-hydrogen) atoms. The van der Waals surface area contributed by atoms with Gasteiger partial charge in [0.05, 0.1) is 5.52 Å². The van der Waals surface area contributed by atoms with Gasteiger partial charge < -0.3 is 9.47 Å². The molecule has 0 fully saturated rings. The Morgan fingerprint density at radius 1 is 0.424 bits per heavy atom. The molecule has 1 aromatic heterocycles. The fourth-order valence-electron chi connectivity index (χ4n) is 11.8. The van der Waals surface area contributed by atoms with E-state index in [1.165, 1.54) is 111 Å². The van der Waals surface area contributed by atoms with Gasteiger partial charge in [-0.1, -0.05) is 167 Å². The van der Waals surface area contributed by atoms with E-state index in [2.05, 4.69) is 243 Å². The largest absolute Gasteiger partial charge is 0.313 e. The van der Waals surface area contributed by atoms with Crippen molar-refractivity contribution >= 4 is 44.8 Å². The quantitative estimate of drug-likeness (QED) is 0.162. The number of benzene rings is 9. The van der Waals surface area contributed by atoms with Crippen molar-refractivity contribution in [1.29, 1.82) is 0 Å². The third-order valence-electron chi connectivity index (χ3n) is 15.2. The van der Waals surface area contributed by atoms with E-state index in [-0.39, 0.29) is 10.8 Å². The van der Waals surface area contributed by atoms with E-state index in [0.717, 1.165) is 24.2 Å². The number of hydrogen-bond donors (Lipinski definition) is 0. The van der Waals surface area contributed by atoms with E-state index in [0.29, 0.717) is 0 Å². The first-order valence-corrected chi connectivity index (χ1v) is 23.6. The molecule has 0 saturated carbocycles. The Balaban J connectivity index is 0.896. The van der Waals surface area contributed by atoms with Crippen LogP contribution in [-0.2, 0) is 17.3 Å². The lowest BCUT2D eigenvalue weighted by molar-refractivity contribution is 0.660. The Labute approximate surface area is 387 Å². The molecule has 0 spiro atoms. The van der Waals surface area contributed by atoms with Crippen LogP contribution in [-0.4, -0.2) is 4.57 Å². The van der Waals surface area contributed by atoms with E-state index in [4.69, 9.17) is 0 Å². The lowest BCUT2D eigenvalue weighted by Gasteiger charge is -2.30. The predicted molar refractivity (Wildman–Crippen MR) is 279 cm³/mol. The van der Waals surface area contributed by atoms with Gasteiger partial charge in [0.1, 0.15) is 0 Å². The van der Waals surface area contributed by atoms with Gasteiger partial charge in [-0.05, 0) is 157 Å². The Hall–Kier alpha value is -7.68. The first-order chi connectivity index (χ1) is 32.2. The highest BCUT2D eigenvalue weighted by Gasteiger charge is 2.38. The smallest absolute Gasteiger partial charge is 0.0538 e. The molecule has 3 aliphatic carbocycles. The standard InChI is InChI=1S/C64H50N2/c1-63(2)57-20-12-10-18-51(57)53-33-30-49(39-59(53)63)65(47-27-22-43(23-28-47)41-14-6-5-7-15-41)50-31-34-54-52-32-25-46(38-58(52)64(3,4)60(54)40-50)45-26-35-62-56(37-45)55-19-11-13-21-61(55)66(62)48-29-24-42-16-8-9-17-44(42)36-48/h5-12,14-20,22-40H,13,21H2,1-4H3. The summed E-state index contributed by atoms with van der Waals surface area (Å²) in [7, 11) is 0.